The van der Waals surface area contributed by atoms with Crippen molar-refractivity contribution in [2.75, 3.05) is 13.7 Å². The summed E-state index contributed by atoms with van der Waals surface area (Å²) in [4.78, 5) is 11.7. The Morgan fingerprint density at radius 2 is 1.86 bits per heavy atom. The highest BCUT2D eigenvalue weighted by molar-refractivity contribution is 5.70. The Bertz CT molecular complexity index is 528. The lowest BCUT2D eigenvalue weighted by Gasteiger charge is -2.19. The quantitative estimate of drug-likeness (QED) is 0.566. The fourth-order valence-electron chi connectivity index (χ4n) is 1.73. The van der Waals surface area contributed by atoms with Crippen molar-refractivity contribution >= 4 is 5.97 Å². The van der Waals surface area contributed by atoms with Crippen molar-refractivity contribution in [1.29, 1.82) is 0 Å². The van der Waals surface area contributed by atoms with Crippen LogP contribution in [0.3, 0.4) is 0 Å². The van der Waals surface area contributed by atoms with Gasteiger partial charge in [-0.3, -0.25) is 4.79 Å². The van der Waals surface area contributed by atoms with Crippen LogP contribution in [0, 0.1) is 0 Å². The molecule has 0 aliphatic carbocycles. The fraction of sp³-hybridized carbons (Fsp3) is 0.471. The van der Waals surface area contributed by atoms with E-state index in [9.17, 15) is 4.79 Å². The van der Waals surface area contributed by atoms with Gasteiger partial charge in [0, 0.05) is 13.5 Å². The number of aryl methyl sites for hydroxylation is 1. The lowest BCUT2D eigenvalue weighted by molar-refractivity contribution is -0.154. The Morgan fingerprint density at radius 1 is 1.23 bits per heavy atom. The van der Waals surface area contributed by atoms with Gasteiger partial charge in [-0.25, -0.2) is 0 Å². The number of hydrogen-bond donors (Lipinski definition) is 0. The fourth-order valence-corrected chi connectivity index (χ4v) is 1.73. The van der Waals surface area contributed by atoms with E-state index in [1.807, 2.05) is 45.0 Å². The van der Waals surface area contributed by atoms with Gasteiger partial charge in [-0.05, 0) is 44.9 Å². The summed E-state index contributed by atoms with van der Waals surface area (Å²) in [5.74, 6) is 0.544. The summed E-state index contributed by atoms with van der Waals surface area (Å²) < 4.78 is 10.8. The van der Waals surface area contributed by atoms with Crippen LogP contribution in [0.1, 0.15) is 32.8 Å². The van der Waals surface area contributed by atoms with Crippen LogP contribution >= 0.6 is 0 Å². The molecule has 22 heavy (non-hydrogen) atoms. The zero-order valence-electron chi connectivity index (χ0n) is 13.8. The number of carbonyl (C=O) groups excluding carboxylic acids is 1. The second-order valence-electron chi connectivity index (χ2n) is 5.89. The highest BCUT2D eigenvalue weighted by Gasteiger charge is 2.15. The third-order valence-electron chi connectivity index (χ3n) is 2.61. The first-order valence-electron chi connectivity index (χ1n) is 7.21. The molecule has 0 fully saturated rings. The van der Waals surface area contributed by atoms with Crippen LogP contribution in [0.2, 0.25) is 0 Å². The van der Waals surface area contributed by atoms with Gasteiger partial charge < -0.3 is 9.47 Å². The molecule has 1 aromatic carbocycles. The summed E-state index contributed by atoms with van der Waals surface area (Å²) in [6.45, 7) is 9.61. The van der Waals surface area contributed by atoms with Crippen LogP contribution in [-0.4, -0.2) is 25.2 Å². The number of benzene rings is 1. The average molecular weight is 304 g/mol. The zero-order valence-corrected chi connectivity index (χ0v) is 13.8. The van der Waals surface area contributed by atoms with Crippen LogP contribution in [0.25, 0.3) is 0 Å². The first-order valence-corrected chi connectivity index (χ1v) is 7.21. The van der Waals surface area contributed by atoms with E-state index in [1.54, 1.807) is 7.05 Å². The molecule has 0 N–H and O–H groups in total. The maximum atomic E-state index is 11.7. The Kier molecular flexibility index (Phi) is 6.76. The summed E-state index contributed by atoms with van der Waals surface area (Å²) in [5.41, 5.74) is 1.19. The van der Waals surface area contributed by atoms with E-state index in [0.717, 1.165) is 11.3 Å². The number of azo groups is 1. The molecule has 0 aliphatic heterocycles. The predicted octanol–water partition coefficient (Wildman–Crippen LogP) is 3.94. The second-order valence-corrected chi connectivity index (χ2v) is 5.89. The maximum absolute atomic E-state index is 11.7. The molecule has 0 saturated heterocycles. The minimum absolute atomic E-state index is 0.186. The molecule has 0 unspecified atom stereocenters. The molecule has 1 aromatic rings. The molecule has 0 radical (unpaired) electrons. The van der Waals surface area contributed by atoms with E-state index in [2.05, 4.69) is 16.8 Å². The molecule has 1 rings (SSSR count). The molecule has 5 heteroatoms. The van der Waals surface area contributed by atoms with E-state index in [1.165, 1.54) is 0 Å². The van der Waals surface area contributed by atoms with Crippen molar-refractivity contribution in [3.63, 3.8) is 0 Å². The van der Waals surface area contributed by atoms with Crippen LogP contribution in [0.15, 0.2) is 46.8 Å². The molecular weight excluding hydrogens is 280 g/mol. The van der Waals surface area contributed by atoms with Crippen LogP contribution in [0.4, 0.5) is 0 Å². The SMILES string of the molecule is C=C(COc1ccc(CCC(=O)OC(C)(C)C)cc1)N=NC. The largest absolute Gasteiger partial charge is 0.487 e. The molecule has 5 nitrogen and oxygen atoms in total. The van der Waals surface area contributed by atoms with Gasteiger partial charge >= 0.3 is 5.97 Å². The van der Waals surface area contributed by atoms with Crippen molar-refractivity contribution in [1.82, 2.24) is 0 Å². The van der Waals surface area contributed by atoms with Crippen molar-refractivity contribution in [2.24, 2.45) is 10.2 Å². The van der Waals surface area contributed by atoms with Gasteiger partial charge in [0.1, 0.15) is 18.0 Å². The molecule has 0 aliphatic rings. The Labute approximate surface area is 132 Å². The average Bonchev–Trinajstić information content (AvgIpc) is 2.42. The van der Waals surface area contributed by atoms with Gasteiger partial charge in [-0.1, -0.05) is 18.7 Å². The van der Waals surface area contributed by atoms with Gasteiger partial charge in [0.15, 0.2) is 0 Å². The Hall–Kier alpha value is -2.17. The standard InChI is InChI=1S/C17H24N2O3/c1-13(19-18-5)12-21-15-9-6-14(7-10-15)8-11-16(20)22-17(2,3)4/h6-7,9-10H,1,8,11-12H2,2-5H3. The number of nitrogens with zero attached hydrogens (tertiary/aromatic N) is 2. The molecule has 0 amide bonds. The minimum atomic E-state index is -0.437. The Morgan fingerprint density at radius 3 is 2.41 bits per heavy atom. The summed E-state index contributed by atoms with van der Waals surface area (Å²) in [6.07, 6.45) is 1.01. The number of rotatable bonds is 7. The van der Waals surface area contributed by atoms with E-state index >= 15 is 0 Å². The molecule has 0 saturated carbocycles. The maximum Gasteiger partial charge on any atom is 0.306 e. The van der Waals surface area contributed by atoms with Gasteiger partial charge in [0.05, 0.1) is 5.70 Å². The van der Waals surface area contributed by atoms with E-state index in [4.69, 9.17) is 9.47 Å². The molecule has 120 valence electrons. The number of esters is 1. The van der Waals surface area contributed by atoms with Crippen molar-refractivity contribution in [3.05, 3.63) is 42.1 Å². The third kappa shape index (κ3) is 7.57. The summed E-state index contributed by atoms with van der Waals surface area (Å²) in [7, 11) is 1.59. The van der Waals surface area contributed by atoms with Crippen LogP contribution < -0.4 is 4.74 Å². The highest BCUT2D eigenvalue weighted by Crippen LogP contribution is 2.15. The topological polar surface area (TPSA) is 60.2 Å². The van der Waals surface area contributed by atoms with Gasteiger partial charge in [0.25, 0.3) is 0 Å². The van der Waals surface area contributed by atoms with Gasteiger partial charge in [-0.15, -0.1) is 0 Å². The molecule has 0 spiro atoms. The summed E-state index contributed by atoms with van der Waals surface area (Å²) >= 11 is 0. The molecule has 0 heterocycles. The molecule has 0 aromatic heterocycles. The van der Waals surface area contributed by atoms with Crippen molar-refractivity contribution < 1.29 is 14.3 Å². The lowest BCUT2D eigenvalue weighted by atomic mass is 10.1. The summed E-state index contributed by atoms with van der Waals surface area (Å²) in [6, 6.07) is 7.59. The third-order valence-corrected chi connectivity index (χ3v) is 2.61. The van der Waals surface area contributed by atoms with Crippen LogP contribution in [0.5, 0.6) is 5.75 Å². The predicted molar refractivity (Wildman–Crippen MR) is 86.0 cm³/mol. The smallest absolute Gasteiger partial charge is 0.306 e. The first kappa shape index (κ1) is 17.9. The summed E-state index contributed by atoms with van der Waals surface area (Å²) in [5, 5.41) is 7.42. The molecule has 0 bridgehead atoms. The molecule has 0 atom stereocenters. The number of carbonyl (C=O) groups is 1. The highest BCUT2D eigenvalue weighted by atomic mass is 16.6. The van der Waals surface area contributed by atoms with E-state index < -0.39 is 5.60 Å². The normalized spacial score (nSPS) is 11.5. The Balaban J connectivity index is 2.42. The lowest BCUT2D eigenvalue weighted by Crippen LogP contribution is -2.23. The second kappa shape index (κ2) is 8.32. The van der Waals surface area contributed by atoms with E-state index in [-0.39, 0.29) is 5.97 Å². The zero-order chi connectivity index (χ0) is 16.6. The van der Waals surface area contributed by atoms with Crippen molar-refractivity contribution in [2.45, 2.75) is 39.2 Å². The van der Waals surface area contributed by atoms with Crippen LogP contribution in [-0.2, 0) is 16.0 Å². The monoisotopic (exact) mass is 304 g/mol. The van der Waals surface area contributed by atoms with E-state index in [0.29, 0.717) is 25.1 Å². The minimum Gasteiger partial charge on any atom is -0.487 e. The first-order chi connectivity index (χ1) is 10.3. The molecular formula is C17H24N2O3. The van der Waals surface area contributed by atoms with Gasteiger partial charge in [-0.2, -0.15) is 10.2 Å². The number of ether oxygens (including phenoxy) is 2. The number of hydrogen-bond acceptors (Lipinski definition) is 5. The van der Waals surface area contributed by atoms with Gasteiger partial charge in [0.2, 0.25) is 0 Å². The van der Waals surface area contributed by atoms with Crippen molar-refractivity contribution in [3.8, 4) is 5.75 Å².